The molecule has 1 aromatic carbocycles. The third-order valence-corrected chi connectivity index (χ3v) is 2.22. The van der Waals surface area contributed by atoms with Gasteiger partial charge in [0.25, 0.3) is 5.56 Å². The van der Waals surface area contributed by atoms with Gasteiger partial charge in [-0.1, -0.05) is 17.7 Å². The zero-order valence-corrected chi connectivity index (χ0v) is 9.65. The van der Waals surface area contributed by atoms with E-state index in [1.165, 1.54) is 12.1 Å². The SMILES string of the molecule is O=C(Oc1cccc(Cl)c1)c1cc(=O)[nH]c(=O)[nH]1. The second-order valence-electron chi connectivity index (χ2n) is 3.35. The molecule has 0 aliphatic carbocycles. The molecule has 0 bridgehead atoms. The molecule has 0 saturated carbocycles. The monoisotopic (exact) mass is 266 g/mol. The molecule has 0 atom stereocenters. The fourth-order valence-corrected chi connectivity index (χ4v) is 1.45. The fourth-order valence-electron chi connectivity index (χ4n) is 1.27. The zero-order valence-electron chi connectivity index (χ0n) is 8.90. The van der Waals surface area contributed by atoms with Crippen molar-refractivity contribution in [3.05, 3.63) is 61.9 Å². The number of carbonyl (C=O) groups excluding carboxylic acids is 1. The molecule has 0 fully saturated rings. The maximum atomic E-state index is 11.6. The molecule has 0 aliphatic rings. The van der Waals surface area contributed by atoms with Crippen molar-refractivity contribution in [2.45, 2.75) is 0 Å². The number of aromatic amines is 2. The van der Waals surface area contributed by atoms with Gasteiger partial charge in [0.05, 0.1) is 0 Å². The lowest BCUT2D eigenvalue weighted by molar-refractivity contribution is 0.0728. The minimum atomic E-state index is -0.847. The Morgan fingerprint density at radius 3 is 2.61 bits per heavy atom. The van der Waals surface area contributed by atoms with Crippen LogP contribution in [0.5, 0.6) is 5.75 Å². The zero-order chi connectivity index (χ0) is 13.1. The van der Waals surface area contributed by atoms with E-state index in [1.54, 1.807) is 12.1 Å². The van der Waals surface area contributed by atoms with Gasteiger partial charge in [-0.25, -0.2) is 9.59 Å². The Balaban J connectivity index is 2.27. The molecule has 0 unspecified atom stereocenters. The summed E-state index contributed by atoms with van der Waals surface area (Å²) in [5.74, 6) is -0.630. The first-order chi connectivity index (χ1) is 8.54. The predicted octanol–water partition coefficient (Wildman–Crippen LogP) is 0.936. The molecular formula is C11H7ClN2O4. The van der Waals surface area contributed by atoms with Gasteiger partial charge in [0.2, 0.25) is 0 Å². The molecule has 7 heteroatoms. The molecule has 0 amide bonds. The molecule has 0 saturated heterocycles. The number of esters is 1. The van der Waals surface area contributed by atoms with Crippen molar-refractivity contribution < 1.29 is 9.53 Å². The number of benzene rings is 1. The first-order valence-corrected chi connectivity index (χ1v) is 5.24. The largest absolute Gasteiger partial charge is 0.422 e. The summed E-state index contributed by atoms with van der Waals surface area (Å²) in [6.07, 6.45) is 0. The average Bonchev–Trinajstić information content (AvgIpc) is 2.27. The summed E-state index contributed by atoms with van der Waals surface area (Å²) in [4.78, 5) is 37.7. The smallest absolute Gasteiger partial charge is 0.360 e. The molecule has 2 aromatic rings. The van der Waals surface area contributed by atoms with E-state index in [4.69, 9.17) is 16.3 Å². The second-order valence-corrected chi connectivity index (χ2v) is 3.78. The van der Waals surface area contributed by atoms with Crippen molar-refractivity contribution in [3.63, 3.8) is 0 Å². The third kappa shape index (κ3) is 2.86. The number of rotatable bonds is 2. The maximum Gasteiger partial charge on any atom is 0.360 e. The van der Waals surface area contributed by atoms with E-state index in [9.17, 15) is 14.4 Å². The van der Waals surface area contributed by atoms with Gasteiger partial charge in [0.15, 0.2) is 0 Å². The van der Waals surface area contributed by atoms with Crippen LogP contribution in [-0.2, 0) is 0 Å². The molecule has 1 heterocycles. The summed E-state index contributed by atoms with van der Waals surface area (Å²) in [6, 6.07) is 7.12. The third-order valence-electron chi connectivity index (χ3n) is 1.99. The van der Waals surface area contributed by atoms with E-state index in [0.717, 1.165) is 6.07 Å². The summed E-state index contributed by atoms with van der Waals surface area (Å²) in [5, 5.41) is 0.403. The number of H-pyrrole nitrogens is 2. The molecule has 92 valence electrons. The Morgan fingerprint density at radius 1 is 1.17 bits per heavy atom. The maximum absolute atomic E-state index is 11.6. The van der Waals surface area contributed by atoms with E-state index >= 15 is 0 Å². The van der Waals surface area contributed by atoms with Gasteiger partial charge in [0.1, 0.15) is 11.4 Å². The topological polar surface area (TPSA) is 92.0 Å². The lowest BCUT2D eigenvalue weighted by Crippen LogP contribution is -2.26. The first kappa shape index (κ1) is 12.1. The molecule has 2 rings (SSSR count). The highest BCUT2D eigenvalue weighted by molar-refractivity contribution is 6.30. The lowest BCUT2D eigenvalue weighted by atomic mass is 10.3. The highest BCUT2D eigenvalue weighted by Crippen LogP contribution is 2.17. The van der Waals surface area contributed by atoms with Gasteiger partial charge < -0.3 is 9.72 Å². The molecule has 2 N–H and O–H groups in total. The number of nitrogens with one attached hydrogen (secondary N) is 2. The number of hydrogen-bond acceptors (Lipinski definition) is 4. The number of ether oxygens (including phenoxy) is 1. The van der Waals surface area contributed by atoms with Crippen molar-refractivity contribution in [2.75, 3.05) is 0 Å². The Morgan fingerprint density at radius 2 is 1.94 bits per heavy atom. The van der Waals surface area contributed by atoms with Crippen LogP contribution < -0.4 is 16.0 Å². The Bertz CT molecular complexity index is 676. The quantitative estimate of drug-likeness (QED) is 0.625. The second kappa shape index (κ2) is 4.89. The van der Waals surface area contributed by atoms with Crippen molar-refractivity contribution in [3.8, 4) is 5.75 Å². The van der Waals surface area contributed by atoms with Gasteiger partial charge in [0, 0.05) is 11.1 Å². The van der Waals surface area contributed by atoms with E-state index in [1.807, 2.05) is 4.98 Å². The normalized spacial score (nSPS) is 10.1. The molecule has 1 aromatic heterocycles. The van der Waals surface area contributed by atoms with Crippen LogP contribution in [-0.4, -0.2) is 15.9 Å². The van der Waals surface area contributed by atoms with E-state index in [0.29, 0.717) is 5.02 Å². The van der Waals surface area contributed by atoms with E-state index < -0.39 is 17.2 Å². The van der Waals surface area contributed by atoms with Gasteiger partial charge in [-0.05, 0) is 18.2 Å². The number of carbonyl (C=O) groups is 1. The summed E-state index contributed by atoms with van der Waals surface area (Å²) in [6.45, 7) is 0. The molecule has 6 nitrogen and oxygen atoms in total. The number of hydrogen-bond donors (Lipinski definition) is 2. The molecular weight excluding hydrogens is 260 g/mol. The summed E-state index contributed by atoms with van der Waals surface area (Å²) in [7, 11) is 0. The standard InChI is InChI=1S/C11H7ClN2O4/c12-6-2-1-3-7(4-6)18-10(16)8-5-9(15)14-11(17)13-8/h1-5H,(H2,13,14,15,17). The Hall–Kier alpha value is -2.34. The molecule has 0 radical (unpaired) electrons. The first-order valence-electron chi connectivity index (χ1n) is 4.86. The van der Waals surface area contributed by atoms with Crippen LogP contribution in [0.4, 0.5) is 0 Å². The summed E-state index contributed by atoms with van der Waals surface area (Å²) >= 11 is 5.72. The van der Waals surface area contributed by atoms with Gasteiger partial charge in [-0.3, -0.25) is 9.78 Å². The van der Waals surface area contributed by atoms with Crippen LogP contribution in [0.2, 0.25) is 5.02 Å². The number of halogens is 1. The number of aromatic nitrogens is 2. The Labute approximate surface area is 105 Å². The van der Waals surface area contributed by atoms with E-state index in [2.05, 4.69) is 4.98 Å². The Kier molecular flexibility index (Phi) is 3.29. The highest BCUT2D eigenvalue weighted by atomic mass is 35.5. The van der Waals surface area contributed by atoms with Crippen LogP contribution in [0.15, 0.2) is 39.9 Å². The van der Waals surface area contributed by atoms with Crippen LogP contribution in [0, 0.1) is 0 Å². The average molecular weight is 267 g/mol. The summed E-state index contributed by atoms with van der Waals surface area (Å²) < 4.78 is 4.94. The molecule has 0 spiro atoms. The van der Waals surface area contributed by atoms with Gasteiger partial charge in [-0.2, -0.15) is 0 Å². The van der Waals surface area contributed by atoms with Crippen LogP contribution in [0.25, 0.3) is 0 Å². The minimum absolute atomic E-state index is 0.216. The lowest BCUT2D eigenvalue weighted by Gasteiger charge is -2.03. The predicted molar refractivity (Wildman–Crippen MR) is 64.1 cm³/mol. The molecule has 18 heavy (non-hydrogen) atoms. The van der Waals surface area contributed by atoms with Crippen LogP contribution in [0.1, 0.15) is 10.5 Å². The minimum Gasteiger partial charge on any atom is -0.422 e. The highest BCUT2D eigenvalue weighted by Gasteiger charge is 2.10. The van der Waals surface area contributed by atoms with Crippen molar-refractivity contribution in [2.24, 2.45) is 0 Å². The van der Waals surface area contributed by atoms with Gasteiger partial charge >= 0.3 is 11.7 Å². The van der Waals surface area contributed by atoms with Gasteiger partial charge in [-0.15, -0.1) is 0 Å². The molecule has 0 aliphatic heterocycles. The van der Waals surface area contributed by atoms with E-state index in [-0.39, 0.29) is 11.4 Å². The van der Waals surface area contributed by atoms with Crippen molar-refractivity contribution in [1.82, 2.24) is 9.97 Å². The van der Waals surface area contributed by atoms with Crippen LogP contribution >= 0.6 is 11.6 Å². The van der Waals surface area contributed by atoms with Crippen molar-refractivity contribution >= 4 is 17.6 Å². The van der Waals surface area contributed by atoms with Crippen molar-refractivity contribution in [1.29, 1.82) is 0 Å². The fraction of sp³-hybridized carbons (Fsp3) is 0. The summed E-state index contributed by atoms with van der Waals surface area (Å²) in [5.41, 5.74) is -1.69. The van der Waals surface area contributed by atoms with Crippen LogP contribution in [0.3, 0.4) is 0 Å².